The van der Waals surface area contributed by atoms with Crippen molar-refractivity contribution in [2.45, 2.75) is 23.8 Å². The average Bonchev–Trinajstić information content (AvgIpc) is 2.38. The first-order valence-electron chi connectivity index (χ1n) is 6.33. The van der Waals surface area contributed by atoms with Crippen LogP contribution in [0.15, 0.2) is 23.1 Å². The molecule has 1 heterocycles. The third kappa shape index (κ3) is 3.15. The molecule has 7 heteroatoms. The lowest BCUT2D eigenvalue weighted by Crippen LogP contribution is -2.46. The number of benzene rings is 1. The summed E-state index contributed by atoms with van der Waals surface area (Å²) in [4.78, 5) is 1.74. The molecule has 1 unspecified atom stereocenters. The summed E-state index contributed by atoms with van der Waals surface area (Å²) in [6.45, 7) is 1.54. The molecule has 0 aromatic heterocycles. The molecule has 0 amide bonds. The number of sulfonamides is 1. The summed E-state index contributed by atoms with van der Waals surface area (Å²) in [6, 6.07) is 5.01. The zero-order chi connectivity index (χ0) is 14.8. The largest absolute Gasteiger partial charge is 0.305 e. The van der Waals surface area contributed by atoms with Crippen molar-refractivity contribution >= 4 is 10.0 Å². The van der Waals surface area contributed by atoms with Gasteiger partial charge < -0.3 is 4.90 Å². The highest BCUT2D eigenvalue weighted by Crippen LogP contribution is 2.19. The van der Waals surface area contributed by atoms with Crippen molar-refractivity contribution in [2.75, 3.05) is 20.1 Å². The molecule has 1 atom stereocenters. The number of halogens is 1. The van der Waals surface area contributed by atoms with Gasteiger partial charge in [-0.05, 0) is 38.6 Å². The minimum absolute atomic E-state index is 0.214. The van der Waals surface area contributed by atoms with Gasteiger partial charge in [0.2, 0.25) is 10.0 Å². The highest BCUT2D eigenvalue weighted by molar-refractivity contribution is 7.89. The number of nitrogens with one attached hydrogen (secondary N) is 1. The molecule has 5 nitrogen and oxygen atoms in total. The SMILES string of the molecule is CN1CCCC(NS(=O)(=O)c2cccc(F)c2C#N)C1. The molecule has 1 aromatic carbocycles. The molecule has 0 radical (unpaired) electrons. The number of nitriles is 1. The third-order valence-electron chi connectivity index (χ3n) is 3.32. The van der Waals surface area contributed by atoms with Crippen molar-refractivity contribution in [3.8, 4) is 6.07 Å². The highest BCUT2D eigenvalue weighted by Gasteiger charge is 2.26. The monoisotopic (exact) mass is 297 g/mol. The van der Waals surface area contributed by atoms with Crippen molar-refractivity contribution in [1.82, 2.24) is 9.62 Å². The predicted octanol–water partition coefficient (Wildman–Crippen LogP) is 1.07. The van der Waals surface area contributed by atoms with Gasteiger partial charge in [-0.25, -0.2) is 17.5 Å². The Bertz CT molecular complexity index is 640. The van der Waals surface area contributed by atoms with Gasteiger partial charge in [-0.15, -0.1) is 0 Å². The maximum absolute atomic E-state index is 13.5. The van der Waals surface area contributed by atoms with E-state index < -0.39 is 21.4 Å². The van der Waals surface area contributed by atoms with E-state index in [1.165, 1.54) is 12.1 Å². The topological polar surface area (TPSA) is 73.2 Å². The molecular weight excluding hydrogens is 281 g/mol. The first-order chi connectivity index (χ1) is 9.44. The second-order valence-corrected chi connectivity index (χ2v) is 6.63. The molecule has 1 saturated heterocycles. The van der Waals surface area contributed by atoms with Gasteiger partial charge in [-0.2, -0.15) is 5.26 Å². The van der Waals surface area contributed by atoms with Gasteiger partial charge in [-0.3, -0.25) is 0 Å². The van der Waals surface area contributed by atoms with E-state index in [0.717, 1.165) is 25.5 Å². The number of hydrogen-bond donors (Lipinski definition) is 1. The first-order valence-corrected chi connectivity index (χ1v) is 7.82. The van der Waals surface area contributed by atoms with Crippen LogP contribution in [0.5, 0.6) is 0 Å². The maximum atomic E-state index is 13.5. The Hall–Kier alpha value is -1.49. The molecule has 1 aromatic rings. The molecule has 108 valence electrons. The Morgan fingerprint density at radius 1 is 1.50 bits per heavy atom. The van der Waals surface area contributed by atoms with Crippen LogP contribution in [0, 0.1) is 17.1 Å². The normalized spacial score (nSPS) is 20.6. The first kappa shape index (κ1) is 14.9. The van der Waals surface area contributed by atoms with Crippen LogP contribution in [0.2, 0.25) is 0 Å². The van der Waals surface area contributed by atoms with E-state index in [-0.39, 0.29) is 10.9 Å². The van der Waals surface area contributed by atoms with E-state index in [1.807, 2.05) is 11.9 Å². The maximum Gasteiger partial charge on any atom is 0.242 e. The quantitative estimate of drug-likeness (QED) is 0.905. The molecule has 1 N–H and O–H groups in total. The van der Waals surface area contributed by atoms with Gasteiger partial charge in [0.1, 0.15) is 22.3 Å². The molecule has 0 aliphatic carbocycles. The number of rotatable bonds is 3. The van der Waals surface area contributed by atoms with Gasteiger partial charge in [0.05, 0.1) is 0 Å². The summed E-state index contributed by atoms with van der Waals surface area (Å²) in [5.41, 5.74) is -0.441. The number of piperidine rings is 1. The molecule has 1 aliphatic heterocycles. The molecule has 2 rings (SSSR count). The van der Waals surface area contributed by atoms with Crippen molar-refractivity contribution in [3.05, 3.63) is 29.6 Å². The molecule has 1 fully saturated rings. The Morgan fingerprint density at radius 2 is 2.25 bits per heavy atom. The van der Waals surface area contributed by atoms with Crippen LogP contribution in [0.4, 0.5) is 4.39 Å². The van der Waals surface area contributed by atoms with Crippen LogP contribution in [-0.2, 0) is 10.0 Å². The van der Waals surface area contributed by atoms with E-state index >= 15 is 0 Å². The van der Waals surface area contributed by atoms with Crippen LogP contribution in [0.3, 0.4) is 0 Å². The molecule has 0 saturated carbocycles. The van der Waals surface area contributed by atoms with E-state index in [2.05, 4.69) is 4.72 Å². The van der Waals surface area contributed by atoms with Gasteiger partial charge in [0, 0.05) is 12.6 Å². The summed E-state index contributed by atoms with van der Waals surface area (Å²) < 4.78 is 40.6. The summed E-state index contributed by atoms with van der Waals surface area (Å²) in [5, 5.41) is 8.92. The summed E-state index contributed by atoms with van der Waals surface area (Å²) in [7, 11) is -1.97. The Labute approximate surface area is 118 Å². The van der Waals surface area contributed by atoms with Gasteiger partial charge in [0.15, 0.2) is 0 Å². The molecular formula is C13H16FN3O2S. The molecule has 20 heavy (non-hydrogen) atoms. The van der Waals surface area contributed by atoms with Gasteiger partial charge in [0.25, 0.3) is 0 Å². The zero-order valence-electron chi connectivity index (χ0n) is 11.1. The fraction of sp³-hybridized carbons (Fsp3) is 0.462. The molecule has 1 aliphatic rings. The van der Waals surface area contributed by atoms with Gasteiger partial charge in [-0.1, -0.05) is 6.07 Å². The summed E-state index contributed by atoms with van der Waals surface area (Å²) >= 11 is 0. The highest BCUT2D eigenvalue weighted by atomic mass is 32.2. The molecule has 0 spiro atoms. The van der Waals surface area contributed by atoms with Crippen molar-refractivity contribution in [3.63, 3.8) is 0 Å². The number of hydrogen-bond acceptors (Lipinski definition) is 4. The van der Waals surface area contributed by atoms with Crippen molar-refractivity contribution in [2.24, 2.45) is 0 Å². The summed E-state index contributed by atoms with van der Waals surface area (Å²) in [6.07, 6.45) is 1.64. The number of likely N-dealkylation sites (N-methyl/N-ethyl adjacent to an activating group) is 1. The van der Waals surface area contributed by atoms with Crippen LogP contribution in [0.25, 0.3) is 0 Å². The van der Waals surface area contributed by atoms with Crippen LogP contribution >= 0.6 is 0 Å². The second kappa shape index (κ2) is 5.87. The standard InChI is InChI=1S/C13H16FN3O2S/c1-17-7-3-4-10(9-17)16-20(18,19)13-6-2-5-12(14)11(13)8-15/h2,5-6,10,16H,3-4,7,9H2,1H3. The lowest BCUT2D eigenvalue weighted by Gasteiger charge is -2.30. The van der Waals surface area contributed by atoms with Crippen LogP contribution in [-0.4, -0.2) is 39.5 Å². The zero-order valence-corrected chi connectivity index (χ0v) is 12.0. The van der Waals surface area contributed by atoms with Gasteiger partial charge >= 0.3 is 0 Å². The fourth-order valence-electron chi connectivity index (χ4n) is 2.38. The average molecular weight is 297 g/mol. The predicted molar refractivity (Wildman–Crippen MR) is 72.0 cm³/mol. The fourth-order valence-corrected chi connectivity index (χ4v) is 3.81. The van der Waals surface area contributed by atoms with E-state index in [1.54, 1.807) is 6.07 Å². The Morgan fingerprint density at radius 3 is 2.90 bits per heavy atom. The third-order valence-corrected chi connectivity index (χ3v) is 4.89. The Balaban J connectivity index is 2.27. The van der Waals surface area contributed by atoms with Crippen molar-refractivity contribution < 1.29 is 12.8 Å². The number of nitrogens with zero attached hydrogens (tertiary/aromatic N) is 2. The van der Waals surface area contributed by atoms with E-state index in [9.17, 15) is 12.8 Å². The molecule has 0 bridgehead atoms. The van der Waals surface area contributed by atoms with Crippen molar-refractivity contribution in [1.29, 1.82) is 5.26 Å². The lowest BCUT2D eigenvalue weighted by molar-refractivity contribution is 0.242. The minimum Gasteiger partial charge on any atom is -0.305 e. The van der Waals surface area contributed by atoms with E-state index in [4.69, 9.17) is 5.26 Å². The second-order valence-electron chi connectivity index (χ2n) is 4.95. The minimum atomic E-state index is -3.89. The van der Waals surface area contributed by atoms with Crippen LogP contribution in [0.1, 0.15) is 18.4 Å². The number of likely N-dealkylation sites (tertiary alicyclic amines) is 1. The smallest absolute Gasteiger partial charge is 0.242 e. The lowest BCUT2D eigenvalue weighted by atomic mass is 10.1. The van der Waals surface area contributed by atoms with Crippen LogP contribution < -0.4 is 4.72 Å². The van der Waals surface area contributed by atoms with E-state index in [0.29, 0.717) is 6.54 Å². The summed E-state index contributed by atoms with van der Waals surface area (Å²) in [5.74, 6) is -0.823. The Kier molecular flexibility index (Phi) is 4.38.